The number of hydrogen-bond acceptors (Lipinski definition) is 4. The topological polar surface area (TPSA) is 54.2 Å². The van der Waals surface area contributed by atoms with E-state index in [1.165, 1.54) is 0 Å². The number of rotatable bonds is 5. The summed E-state index contributed by atoms with van der Waals surface area (Å²) in [6.07, 6.45) is 3.56. The highest BCUT2D eigenvalue weighted by Crippen LogP contribution is 2.42. The Labute approximate surface area is 201 Å². The lowest BCUT2D eigenvalue weighted by molar-refractivity contribution is 0.267. The Morgan fingerprint density at radius 3 is 2.50 bits per heavy atom. The molecule has 32 heavy (non-hydrogen) atoms. The second-order valence-corrected chi connectivity index (χ2v) is 8.63. The monoisotopic (exact) mass is 480 g/mol. The van der Waals surface area contributed by atoms with Crippen LogP contribution in [0.2, 0.25) is 10.0 Å². The van der Waals surface area contributed by atoms with Gasteiger partial charge in [0.25, 0.3) is 0 Å². The number of hydrogen-bond donors (Lipinski definition) is 1. The van der Waals surface area contributed by atoms with E-state index in [-0.39, 0.29) is 12.1 Å². The molecule has 0 spiro atoms. The van der Waals surface area contributed by atoms with Crippen molar-refractivity contribution >= 4 is 40.5 Å². The zero-order valence-corrected chi connectivity index (χ0v) is 19.1. The lowest BCUT2D eigenvalue weighted by Gasteiger charge is -2.25. The van der Waals surface area contributed by atoms with E-state index in [1.807, 2.05) is 54.6 Å². The highest BCUT2D eigenvalue weighted by atomic mass is 35.5. The third-order valence-corrected chi connectivity index (χ3v) is 6.27. The molecular formula is C24H18Cl2N4OS. The highest BCUT2D eigenvalue weighted by molar-refractivity contribution is 7.80. The molecule has 4 heterocycles. The van der Waals surface area contributed by atoms with Crippen molar-refractivity contribution < 1.29 is 4.42 Å². The summed E-state index contributed by atoms with van der Waals surface area (Å²) in [4.78, 5) is 11.1. The maximum absolute atomic E-state index is 6.41. The fourth-order valence-electron chi connectivity index (χ4n) is 3.90. The molecule has 1 saturated heterocycles. The normalized spacial score (nSPS) is 18.1. The van der Waals surface area contributed by atoms with Crippen LogP contribution >= 0.6 is 35.4 Å². The van der Waals surface area contributed by atoms with Gasteiger partial charge in [-0.05, 0) is 66.8 Å². The smallest absolute Gasteiger partial charge is 0.170 e. The molecular weight excluding hydrogens is 463 g/mol. The van der Waals surface area contributed by atoms with Crippen LogP contribution in [0.4, 0.5) is 0 Å². The number of halogens is 2. The van der Waals surface area contributed by atoms with Crippen molar-refractivity contribution in [1.82, 2.24) is 20.2 Å². The van der Waals surface area contributed by atoms with Crippen LogP contribution in [0.5, 0.6) is 0 Å². The van der Waals surface area contributed by atoms with E-state index < -0.39 is 0 Å². The molecule has 0 unspecified atom stereocenters. The van der Waals surface area contributed by atoms with E-state index in [2.05, 4.69) is 20.2 Å². The van der Waals surface area contributed by atoms with E-state index in [1.54, 1.807) is 24.5 Å². The lowest BCUT2D eigenvalue weighted by Crippen LogP contribution is -2.29. The largest absolute Gasteiger partial charge is 0.459 e. The molecule has 0 saturated carbocycles. The van der Waals surface area contributed by atoms with Crippen LogP contribution in [-0.2, 0) is 6.54 Å². The fourth-order valence-corrected chi connectivity index (χ4v) is 4.70. The van der Waals surface area contributed by atoms with Crippen molar-refractivity contribution in [3.63, 3.8) is 0 Å². The van der Waals surface area contributed by atoms with E-state index in [0.717, 1.165) is 22.7 Å². The summed E-state index contributed by atoms with van der Waals surface area (Å²) in [5, 5.41) is 5.15. The van der Waals surface area contributed by atoms with Gasteiger partial charge >= 0.3 is 0 Å². The number of furan rings is 1. The Kier molecular flexibility index (Phi) is 5.83. The number of nitrogens with zero attached hydrogens (tertiary/aromatic N) is 3. The Bertz CT molecular complexity index is 1250. The molecule has 1 fully saturated rings. The Morgan fingerprint density at radius 2 is 1.78 bits per heavy atom. The van der Waals surface area contributed by atoms with Crippen LogP contribution in [0.25, 0.3) is 11.3 Å². The fraction of sp³-hybridized carbons (Fsp3) is 0.125. The van der Waals surface area contributed by atoms with Gasteiger partial charge in [0.2, 0.25) is 0 Å². The first-order valence-electron chi connectivity index (χ1n) is 10.0. The van der Waals surface area contributed by atoms with Crippen molar-refractivity contribution in [2.75, 3.05) is 0 Å². The van der Waals surface area contributed by atoms with Crippen LogP contribution in [0.15, 0.2) is 83.5 Å². The minimum atomic E-state index is -0.209. The molecule has 0 radical (unpaired) electrons. The summed E-state index contributed by atoms with van der Waals surface area (Å²) in [6, 6.07) is 20.5. The minimum Gasteiger partial charge on any atom is -0.459 e. The van der Waals surface area contributed by atoms with Gasteiger partial charge in [-0.2, -0.15) is 0 Å². The molecule has 4 aromatic rings. The first-order valence-corrected chi connectivity index (χ1v) is 11.2. The van der Waals surface area contributed by atoms with Gasteiger partial charge in [0, 0.05) is 23.0 Å². The first-order chi connectivity index (χ1) is 15.6. The summed E-state index contributed by atoms with van der Waals surface area (Å²) in [6.45, 7) is 0.540. The van der Waals surface area contributed by atoms with Gasteiger partial charge in [0.1, 0.15) is 17.6 Å². The van der Waals surface area contributed by atoms with Crippen molar-refractivity contribution in [3.05, 3.63) is 106 Å². The first kappa shape index (κ1) is 20.9. The maximum Gasteiger partial charge on any atom is 0.170 e. The molecule has 1 aromatic carbocycles. The van der Waals surface area contributed by atoms with Crippen molar-refractivity contribution in [2.24, 2.45) is 0 Å². The zero-order valence-electron chi connectivity index (χ0n) is 16.8. The average molecular weight is 481 g/mol. The third kappa shape index (κ3) is 4.09. The predicted octanol–water partition coefficient (Wildman–Crippen LogP) is 6.22. The standard InChI is InChI=1S/C24H18Cl2N4OS/c25-15-7-8-17(18(26)13-15)20-9-10-21(31-20)23-22(19-6-2-4-12-28-19)29-24(32)30(23)14-16-5-1-3-11-27-16/h1-13,22-23H,14H2,(H,29,32)/t22-,23-/m0/s1. The van der Waals surface area contributed by atoms with E-state index >= 15 is 0 Å². The van der Waals surface area contributed by atoms with Crippen LogP contribution in [0.1, 0.15) is 29.2 Å². The molecule has 8 heteroatoms. The van der Waals surface area contributed by atoms with Crippen LogP contribution in [0, 0.1) is 0 Å². The van der Waals surface area contributed by atoms with Gasteiger partial charge in [-0.25, -0.2) is 0 Å². The zero-order chi connectivity index (χ0) is 22.1. The van der Waals surface area contributed by atoms with Gasteiger partial charge in [-0.3, -0.25) is 9.97 Å². The molecule has 5 nitrogen and oxygen atoms in total. The molecule has 5 rings (SSSR count). The summed E-state index contributed by atoms with van der Waals surface area (Å²) >= 11 is 18.2. The molecule has 160 valence electrons. The van der Waals surface area contributed by atoms with Gasteiger partial charge in [-0.1, -0.05) is 35.3 Å². The number of thiocarbonyl (C=S) groups is 1. The summed E-state index contributed by atoms with van der Waals surface area (Å²) < 4.78 is 6.33. The molecule has 1 aliphatic heterocycles. The molecule has 0 bridgehead atoms. The minimum absolute atomic E-state index is 0.174. The summed E-state index contributed by atoms with van der Waals surface area (Å²) in [5.74, 6) is 1.42. The number of nitrogens with one attached hydrogen (secondary N) is 1. The third-order valence-electron chi connectivity index (χ3n) is 5.37. The van der Waals surface area contributed by atoms with E-state index in [4.69, 9.17) is 39.8 Å². The molecule has 3 aromatic heterocycles. The van der Waals surface area contributed by atoms with E-state index in [0.29, 0.717) is 27.5 Å². The number of benzene rings is 1. The van der Waals surface area contributed by atoms with Crippen molar-refractivity contribution in [3.8, 4) is 11.3 Å². The van der Waals surface area contributed by atoms with Gasteiger partial charge in [-0.15, -0.1) is 0 Å². The van der Waals surface area contributed by atoms with Gasteiger partial charge in [0.15, 0.2) is 5.11 Å². The molecule has 1 N–H and O–H groups in total. The summed E-state index contributed by atoms with van der Waals surface area (Å²) in [5.41, 5.74) is 2.57. The lowest BCUT2D eigenvalue weighted by atomic mass is 10.0. The molecule has 0 aliphatic carbocycles. The predicted molar refractivity (Wildman–Crippen MR) is 129 cm³/mol. The Balaban J connectivity index is 1.55. The van der Waals surface area contributed by atoms with Crippen molar-refractivity contribution in [2.45, 2.75) is 18.6 Å². The van der Waals surface area contributed by atoms with Gasteiger partial charge in [0.05, 0.1) is 29.0 Å². The van der Waals surface area contributed by atoms with Gasteiger partial charge < -0.3 is 14.6 Å². The molecule has 2 atom stereocenters. The quantitative estimate of drug-likeness (QED) is 0.342. The highest BCUT2D eigenvalue weighted by Gasteiger charge is 2.41. The maximum atomic E-state index is 6.41. The van der Waals surface area contributed by atoms with Crippen LogP contribution in [-0.4, -0.2) is 20.0 Å². The Morgan fingerprint density at radius 1 is 0.969 bits per heavy atom. The van der Waals surface area contributed by atoms with Crippen molar-refractivity contribution in [1.29, 1.82) is 0 Å². The number of aromatic nitrogens is 2. The number of pyridine rings is 2. The molecule has 0 amide bonds. The summed E-state index contributed by atoms with van der Waals surface area (Å²) in [7, 11) is 0. The SMILES string of the molecule is S=C1N[C@@H](c2ccccn2)[C@H](c2ccc(-c3ccc(Cl)cc3Cl)o2)N1Cc1ccccn1. The van der Waals surface area contributed by atoms with E-state index in [9.17, 15) is 0 Å². The van der Waals surface area contributed by atoms with Crippen LogP contribution in [0.3, 0.4) is 0 Å². The van der Waals surface area contributed by atoms with Crippen LogP contribution < -0.4 is 5.32 Å². The average Bonchev–Trinajstić information content (AvgIpc) is 3.40. The Hall–Kier alpha value is -2.93. The molecule has 1 aliphatic rings. The second kappa shape index (κ2) is 8.90. The second-order valence-electron chi connectivity index (χ2n) is 7.40.